The molecule has 0 saturated carbocycles. The van der Waals surface area contributed by atoms with Gasteiger partial charge >= 0.3 is 6.18 Å². The van der Waals surface area contributed by atoms with Crippen LogP contribution in [-0.4, -0.2) is 30.0 Å². The topological polar surface area (TPSA) is 61.8 Å². The maximum Gasteiger partial charge on any atom is 0.427 e. The summed E-state index contributed by atoms with van der Waals surface area (Å²) in [5.74, 6) is -0.782. The van der Waals surface area contributed by atoms with Crippen molar-refractivity contribution in [3.8, 4) is 5.75 Å². The highest BCUT2D eigenvalue weighted by Crippen LogP contribution is 2.38. The molecule has 126 valence electrons. The van der Waals surface area contributed by atoms with Gasteiger partial charge in [0.25, 0.3) is 5.91 Å². The molecule has 1 saturated heterocycles. The quantitative estimate of drug-likeness (QED) is 0.658. The highest BCUT2D eigenvalue weighted by atomic mass is 19.4. The second-order valence-electron chi connectivity index (χ2n) is 5.13. The molecule has 1 aliphatic heterocycles. The molecule has 1 unspecified atom stereocenters. The number of carbonyl (C=O) groups is 1. The van der Waals surface area contributed by atoms with Crippen LogP contribution in [0.15, 0.2) is 30.2 Å². The largest absolute Gasteiger partial charge is 0.513 e. The second kappa shape index (κ2) is 6.39. The van der Waals surface area contributed by atoms with Gasteiger partial charge in [-0.1, -0.05) is 13.0 Å². The van der Waals surface area contributed by atoms with E-state index in [0.717, 1.165) is 5.56 Å². The van der Waals surface area contributed by atoms with E-state index < -0.39 is 23.9 Å². The first-order valence-electron chi connectivity index (χ1n) is 7.04. The van der Waals surface area contributed by atoms with E-state index in [1.54, 1.807) is 19.1 Å². The van der Waals surface area contributed by atoms with Gasteiger partial charge in [-0.2, -0.15) is 13.2 Å². The van der Waals surface area contributed by atoms with Crippen molar-refractivity contribution in [2.75, 3.05) is 11.5 Å². The minimum atomic E-state index is -4.71. The smallest absolute Gasteiger partial charge is 0.427 e. The molecule has 1 aromatic carbocycles. The van der Waals surface area contributed by atoms with E-state index >= 15 is 0 Å². The molecular weight excluding hydrogens is 313 g/mol. The van der Waals surface area contributed by atoms with Gasteiger partial charge in [-0.25, -0.2) is 0 Å². The van der Waals surface area contributed by atoms with Crippen LogP contribution in [0, 0.1) is 6.92 Å². The van der Waals surface area contributed by atoms with Crippen LogP contribution in [0.3, 0.4) is 0 Å². The Kier molecular flexibility index (Phi) is 4.72. The Morgan fingerprint density at radius 1 is 1.43 bits per heavy atom. The number of amides is 1. The van der Waals surface area contributed by atoms with Crippen LogP contribution in [-0.2, 0) is 4.79 Å². The lowest BCUT2D eigenvalue weighted by Gasteiger charge is -2.27. The lowest BCUT2D eigenvalue weighted by molar-refractivity contribution is -0.152. The van der Waals surface area contributed by atoms with Crippen LogP contribution in [0.1, 0.15) is 18.9 Å². The summed E-state index contributed by atoms with van der Waals surface area (Å²) in [6, 6.07) is 4.57. The minimum absolute atomic E-state index is 0.000671. The number of hydrogen-bond donors (Lipinski definition) is 2. The van der Waals surface area contributed by atoms with Gasteiger partial charge in [0.1, 0.15) is 17.7 Å². The van der Waals surface area contributed by atoms with Gasteiger partial charge in [0.15, 0.2) is 0 Å². The zero-order chi connectivity index (χ0) is 17.2. The second-order valence-corrected chi connectivity index (χ2v) is 5.13. The molecule has 1 fully saturated rings. The molecule has 1 aromatic rings. The summed E-state index contributed by atoms with van der Waals surface area (Å²) in [6.45, 7) is 3.95. The number of aliphatic hydroxyl groups excluding tert-OH is 1. The van der Waals surface area contributed by atoms with Gasteiger partial charge in [0.2, 0.25) is 6.17 Å². The first-order valence-corrected chi connectivity index (χ1v) is 7.04. The van der Waals surface area contributed by atoms with Gasteiger partial charge in [-0.05, 0) is 31.0 Å². The summed E-state index contributed by atoms with van der Waals surface area (Å²) in [5, 5.41) is 11.0. The molecule has 0 spiro atoms. The number of nitrogens with zero attached hydrogens (tertiary/aromatic N) is 1. The minimum Gasteiger partial charge on any atom is -0.513 e. The lowest BCUT2D eigenvalue weighted by Crippen LogP contribution is -2.48. The molecule has 0 aromatic heterocycles. The third kappa shape index (κ3) is 3.35. The molecule has 1 atom stereocenters. The van der Waals surface area contributed by atoms with Crippen molar-refractivity contribution in [3.63, 3.8) is 0 Å². The van der Waals surface area contributed by atoms with Crippen LogP contribution < -0.4 is 15.0 Å². The summed E-state index contributed by atoms with van der Waals surface area (Å²) in [4.78, 5) is 12.7. The van der Waals surface area contributed by atoms with E-state index in [4.69, 9.17) is 9.84 Å². The molecule has 0 bridgehead atoms. The Bertz CT molecular complexity index is 629. The van der Waals surface area contributed by atoms with Gasteiger partial charge in [0.05, 0.1) is 12.3 Å². The fraction of sp³-hybridized carbons (Fsp3) is 0.400. The van der Waals surface area contributed by atoms with Gasteiger partial charge < -0.3 is 15.2 Å². The molecule has 1 amide bonds. The maximum atomic E-state index is 13.2. The molecule has 2 N–H and O–H groups in total. The molecule has 8 heteroatoms. The number of alkyl halides is 3. The predicted molar refractivity (Wildman–Crippen MR) is 78.1 cm³/mol. The monoisotopic (exact) mass is 330 g/mol. The number of aliphatic hydroxyl groups is 1. The first-order chi connectivity index (χ1) is 10.8. The van der Waals surface area contributed by atoms with Crippen LogP contribution >= 0.6 is 0 Å². The van der Waals surface area contributed by atoms with E-state index in [-0.39, 0.29) is 11.4 Å². The molecule has 2 rings (SSSR count). The zero-order valence-electron chi connectivity index (χ0n) is 12.6. The van der Waals surface area contributed by atoms with E-state index in [1.165, 1.54) is 6.07 Å². The SMILES string of the molecule is CCCOc1cc(C)ccc1N1C(=O)/C(=C\O)NC1C(F)(F)F. The molecule has 5 nitrogen and oxygen atoms in total. The number of rotatable bonds is 4. The van der Waals surface area contributed by atoms with Gasteiger partial charge in [0, 0.05) is 0 Å². The van der Waals surface area contributed by atoms with E-state index in [9.17, 15) is 18.0 Å². The van der Waals surface area contributed by atoms with Crippen molar-refractivity contribution >= 4 is 11.6 Å². The number of anilines is 1. The average molecular weight is 330 g/mol. The van der Waals surface area contributed by atoms with Crippen molar-refractivity contribution in [1.29, 1.82) is 0 Å². The number of ether oxygens (including phenoxy) is 1. The number of benzene rings is 1. The Hall–Kier alpha value is -2.38. The summed E-state index contributed by atoms with van der Waals surface area (Å²) < 4.78 is 45.2. The third-order valence-corrected chi connectivity index (χ3v) is 3.28. The molecule has 1 aliphatic rings. The lowest BCUT2D eigenvalue weighted by atomic mass is 10.2. The summed E-state index contributed by atoms with van der Waals surface area (Å²) in [5.41, 5.74) is 0.274. The van der Waals surface area contributed by atoms with E-state index in [2.05, 4.69) is 0 Å². The van der Waals surface area contributed by atoms with Crippen LogP contribution in [0.25, 0.3) is 0 Å². The predicted octanol–water partition coefficient (Wildman–Crippen LogP) is 3.01. The Morgan fingerprint density at radius 3 is 2.70 bits per heavy atom. The summed E-state index contributed by atoms with van der Waals surface area (Å²) in [6.07, 6.45) is -5.97. The van der Waals surface area contributed by atoms with E-state index in [0.29, 0.717) is 24.2 Å². The summed E-state index contributed by atoms with van der Waals surface area (Å²) in [7, 11) is 0. The number of nitrogens with one attached hydrogen (secondary N) is 1. The molecule has 0 radical (unpaired) electrons. The fourth-order valence-electron chi connectivity index (χ4n) is 2.24. The number of aryl methyl sites for hydroxylation is 1. The Balaban J connectivity index is 2.51. The van der Waals surface area contributed by atoms with Gasteiger partial charge in [-0.3, -0.25) is 9.69 Å². The number of carbonyl (C=O) groups excluding carboxylic acids is 1. The molecular formula is C15H17F3N2O3. The van der Waals surface area contributed by atoms with Gasteiger partial charge in [-0.15, -0.1) is 0 Å². The Labute approximate surface area is 131 Å². The summed E-state index contributed by atoms with van der Waals surface area (Å²) >= 11 is 0. The molecule has 0 aliphatic carbocycles. The van der Waals surface area contributed by atoms with Crippen LogP contribution in [0.5, 0.6) is 5.75 Å². The highest BCUT2D eigenvalue weighted by Gasteiger charge is 2.52. The fourth-order valence-corrected chi connectivity index (χ4v) is 2.24. The third-order valence-electron chi connectivity index (χ3n) is 3.28. The van der Waals surface area contributed by atoms with Crippen molar-refractivity contribution in [1.82, 2.24) is 5.32 Å². The number of halogens is 3. The number of hydrogen-bond acceptors (Lipinski definition) is 4. The van der Waals surface area contributed by atoms with Crippen molar-refractivity contribution in [2.24, 2.45) is 0 Å². The van der Waals surface area contributed by atoms with Crippen LogP contribution in [0.4, 0.5) is 18.9 Å². The molecule has 1 heterocycles. The standard InChI is InChI=1S/C15H17F3N2O3/c1-3-6-23-12-7-9(2)4-5-11(12)20-13(22)10(8-21)19-14(20)15(16,17)18/h4-5,7-8,14,19,21H,3,6H2,1-2H3/b10-8+. The average Bonchev–Trinajstić information content (AvgIpc) is 2.82. The highest BCUT2D eigenvalue weighted by molar-refractivity contribution is 6.08. The molecule has 23 heavy (non-hydrogen) atoms. The normalized spacial score (nSPS) is 20.0. The van der Waals surface area contributed by atoms with Crippen molar-refractivity contribution in [2.45, 2.75) is 32.6 Å². The first kappa shape index (κ1) is 17.0. The van der Waals surface area contributed by atoms with E-state index in [1.807, 2.05) is 12.2 Å². The Morgan fingerprint density at radius 2 is 2.13 bits per heavy atom. The van der Waals surface area contributed by atoms with Crippen molar-refractivity contribution in [3.05, 3.63) is 35.7 Å². The maximum absolute atomic E-state index is 13.2. The van der Waals surface area contributed by atoms with Crippen molar-refractivity contribution < 1.29 is 27.8 Å². The zero-order valence-corrected chi connectivity index (χ0v) is 12.6. The van der Waals surface area contributed by atoms with Crippen LogP contribution in [0.2, 0.25) is 0 Å².